The summed E-state index contributed by atoms with van der Waals surface area (Å²) in [5, 5.41) is 13.4. The first-order chi connectivity index (χ1) is 11.3. The number of carbonyl (C=O) groups is 1. The molecule has 0 unspecified atom stereocenters. The highest BCUT2D eigenvalue weighted by atomic mass is 79.9. The van der Waals surface area contributed by atoms with Crippen molar-refractivity contribution in [3.05, 3.63) is 66.9 Å². The zero-order valence-corrected chi connectivity index (χ0v) is 14.9. The molecule has 0 aliphatic rings. The second kappa shape index (κ2) is 6.47. The average Bonchev–Trinajstić information content (AvgIpc) is 2.50. The molecule has 3 rings (SSSR count). The van der Waals surface area contributed by atoms with Gasteiger partial charge in [0.15, 0.2) is 5.58 Å². The van der Waals surface area contributed by atoms with Gasteiger partial charge in [-0.1, -0.05) is 23.2 Å². The van der Waals surface area contributed by atoms with Crippen LogP contribution >= 0.6 is 39.1 Å². The van der Waals surface area contributed by atoms with Crippen molar-refractivity contribution in [3.8, 4) is 5.75 Å². The van der Waals surface area contributed by atoms with E-state index in [4.69, 9.17) is 27.6 Å². The van der Waals surface area contributed by atoms with Gasteiger partial charge in [-0.3, -0.25) is 4.79 Å². The van der Waals surface area contributed by atoms with E-state index in [1.54, 1.807) is 12.1 Å². The lowest BCUT2D eigenvalue weighted by Crippen LogP contribution is -2.20. The maximum atomic E-state index is 12.3. The molecule has 24 heavy (non-hydrogen) atoms. The summed E-state index contributed by atoms with van der Waals surface area (Å²) in [5.41, 5.74) is -0.617. The van der Waals surface area contributed by atoms with Gasteiger partial charge in [-0.25, -0.2) is 4.79 Å². The largest absolute Gasteiger partial charge is 0.506 e. The highest BCUT2D eigenvalue weighted by molar-refractivity contribution is 9.10. The quantitative estimate of drug-likeness (QED) is 0.453. The molecule has 0 aliphatic carbocycles. The Morgan fingerprint density at radius 2 is 1.88 bits per heavy atom. The maximum absolute atomic E-state index is 12.3. The van der Waals surface area contributed by atoms with Crippen LogP contribution in [0, 0.1) is 0 Å². The van der Waals surface area contributed by atoms with Crippen LogP contribution in [0.2, 0.25) is 10.0 Å². The number of rotatable bonds is 2. The minimum absolute atomic E-state index is 0.121. The normalized spacial score (nSPS) is 10.8. The topological polar surface area (TPSA) is 79.5 Å². The number of carbonyl (C=O) groups excluding carboxylic acids is 1. The standard InChI is InChI=1S/C16H8BrCl2NO4/c17-11-5-9(19)3-7-4-10(16(23)24-14(7)11)15(22)20-12-2-1-8(18)6-13(12)21/h1-6,21H,(H,20,22). The third-order valence-electron chi connectivity index (χ3n) is 3.20. The number of hydrogen-bond acceptors (Lipinski definition) is 4. The van der Waals surface area contributed by atoms with Gasteiger partial charge in [0.05, 0.1) is 10.2 Å². The van der Waals surface area contributed by atoms with E-state index in [2.05, 4.69) is 21.2 Å². The van der Waals surface area contributed by atoms with Crippen molar-refractivity contribution in [2.24, 2.45) is 0 Å². The van der Waals surface area contributed by atoms with Crippen molar-refractivity contribution in [2.45, 2.75) is 0 Å². The molecule has 1 amide bonds. The first-order valence-electron chi connectivity index (χ1n) is 6.58. The molecule has 0 radical (unpaired) electrons. The van der Waals surface area contributed by atoms with Crippen LogP contribution < -0.4 is 10.9 Å². The molecule has 0 saturated carbocycles. The number of anilines is 1. The van der Waals surface area contributed by atoms with Crippen molar-refractivity contribution in [1.82, 2.24) is 0 Å². The molecule has 8 heteroatoms. The molecule has 3 aromatic rings. The maximum Gasteiger partial charge on any atom is 0.349 e. The van der Waals surface area contributed by atoms with E-state index in [-0.39, 0.29) is 22.6 Å². The first kappa shape index (κ1) is 16.8. The van der Waals surface area contributed by atoms with E-state index in [1.165, 1.54) is 24.3 Å². The number of benzene rings is 2. The number of aromatic hydroxyl groups is 1. The van der Waals surface area contributed by atoms with Crippen LogP contribution in [0.3, 0.4) is 0 Å². The van der Waals surface area contributed by atoms with Gasteiger partial charge >= 0.3 is 5.63 Å². The van der Waals surface area contributed by atoms with E-state index >= 15 is 0 Å². The van der Waals surface area contributed by atoms with Crippen LogP contribution in [-0.4, -0.2) is 11.0 Å². The summed E-state index contributed by atoms with van der Waals surface area (Å²) in [6, 6.07) is 8.72. The number of nitrogens with one attached hydrogen (secondary N) is 1. The van der Waals surface area contributed by atoms with E-state index in [0.29, 0.717) is 19.9 Å². The zero-order valence-electron chi connectivity index (χ0n) is 11.8. The van der Waals surface area contributed by atoms with Crippen LogP contribution in [0.1, 0.15) is 10.4 Å². The van der Waals surface area contributed by atoms with Crippen LogP contribution in [0.5, 0.6) is 5.75 Å². The number of phenolic OH excluding ortho intramolecular Hbond substituents is 1. The molecule has 1 aromatic heterocycles. The predicted octanol–water partition coefficient (Wildman–Crippen LogP) is 4.82. The minimum Gasteiger partial charge on any atom is -0.506 e. The molecule has 1 heterocycles. The van der Waals surface area contributed by atoms with Crippen LogP contribution in [0.25, 0.3) is 11.0 Å². The van der Waals surface area contributed by atoms with Gasteiger partial charge < -0.3 is 14.8 Å². The molecule has 0 spiro atoms. The summed E-state index contributed by atoms with van der Waals surface area (Å²) in [5.74, 6) is -0.939. The molecule has 5 nitrogen and oxygen atoms in total. The molecule has 0 saturated heterocycles. The summed E-state index contributed by atoms with van der Waals surface area (Å²) in [7, 11) is 0. The Kier molecular flexibility index (Phi) is 4.54. The summed E-state index contributed by atoms with van der Waals surface area (Å²) in [6.07, 6.45) is 0. The Labute approximate surface area is 153 Å². The van der Waals surface area contributed by atoms with E-state index in [0.717, 1.165) is 0 Å². The minimum atomic E-state index is -0.809. The van der Waals surface area contributed by atoms with Crippen molar-refractivity contribution < 1.29 is 14.3 Å². The molecule has 122 valence electrons. The number of hydrogen-bond donors (Lipinski definition) is 2. The molecular formula is C16H8BrCl2NO4. The summed E-state index contributed by atoms with van der Waals surface area (Å²) in [4.78, 5) is 24.4. The molecule has 2 N–H and O–H groups in total. The average molecular weight is 429 g/mol. The highest BCUT2D eigenvalue weighted by Gasteiger charge is 2.17. The van der Waals surface area contributed by atoms with Gasteiger partial charge in [0.2, 0.25) is 0 Å². The molecule has 0 bridgehead atoms. The Balaban J connectivity index is 2.03. The molecule has 0 aliphatic heterocycles. The second-order valence-corrected chi connectivity index (χ2v) is 6.60. The monoisotopic (exact) mass is 427 g/mol. The molecular weight excluding hydrogens is 421 g/mol. The SMILES string of the molecule is O=C(Nc1ccc(Cl)cc1O)c1cc2cc(Cl)cc(Br)c2oc1=O. The first-order valence-corrected chi connectivity index (χ1v) is 8.13. The van der Waals surface area contributed by atoms with Gasteiger partial charge in [-0.15, -0.1) is 0 Å². The number of amides is 1. The van der Waals surface area contributed by atoms with Crippen LogP contribution in [0.4, 0.5) is 5.69 Å². The smallest absolute Gasteiger partial charge is 0.349 e. The highest BCUT2D eigenvalue weighted by Crippen LogP contribution is 2.29. The lowest BCUT2D eigenvalue weighted by molar-refractivity contribution is 0.102. The fourth-order valence-corrected chi connectivity index (χ4v) is 3.20. The summed E-state index contributed by atoms with van der Waals surface area (Å²) >= 11 is 15.0. The Morgan fingerprint density at radius 3 is 2.58 bits per heavy atom. The van der Waals surface area contributed by atoms with Gasteiger partial charge in [0.25, 0.3) is 5.91 Å². The van der Waals surface area contributed by atoms with E-state index in [1.807, 2.05) is 0 Å². The van der Waals surface area contributed by atoms with Crippen molar-refractivity contribution in [1.29, 1.82) is 0 Å². The van der Waals surface area contributed by atoms with Gasteiger partial charge in [-0.2, -0.15) is 0 Å². The third kappa shape index (κ3) is 3.26. The van der Waals surface area contributed by atoms with Gasteiger partial charge in [0.1, 0.15) is 11.3 Å². The molecule has 0 fully saturated rings. The van der Waals surface area contributed by atoms with Crippen molar-refractivity contribution in [3.63, 3.8) is 0 Å². The van der Waals surface area contributed by atoms with Gasteiger partial charge in [0, 0.05) is 21.5 Å². The second-order valence-electron chi connectivity index (χ2n) is 4.87. The van der Waals surface area contributed by atoms with Crippen LogP contribution in [0.15, 0.2) is 50.1 Å². The Morgan fingerprint density at radius 1 is 1.12 bits per heavy atom. The summed E-state index contributed by atoms with van der Waals surface area (Å²) in [6.45, 7) is 0. The van der Waals surface area contributed by atoms with Gasteiger partial charge in [-0.05, 0) is 46.3 Å². The third-order valence-corrected chi connectivity index (χ3v) is 4.25. The lowest BCUT2D eigenvalue weighted by atomic mass is 10.1. The Hall–Kier alpha value is -2.02. The Bertz CT molecular complexity index is 1030. The van der Waals surface area contributed by atoms with E-state index in [9.17, 15) is 14.7 Å². The van der Waals surface area contributed by atoms with E-state index < -0.39 is 11.5 Å². The number of halogens is 3. The molecule has 2 aromatic carbocycles. The van der Waals surface area contributed by atoms with Crippen molar-refractivity contribution in [2.75, 3.05) is 5.32 Å². The fraction of sp³-hybridized carbons (Fsp3) is 0. The zero-order chi connectivity index (χ0) is 17.4. The predicted molar refractivity (Wildman–Crippen MR) is 96.3 cm³/mol. The summed E-state index contributed by atoms with van der Waals surface area (Å²) < 4.78 is 5.69. The fourth-order valence-electron chi connectivity index (χ4n) is 2.12. The molecule has 0 atom stereocenters. The van der Waals surface area contributed by atoms with Crippen molar-refractivity contribution >= 4 is 61.7 Å². The van der Waals surface area contributed by atoms with Crippen LogP contribution in [-0.2, 0) is 0 Å². The lowest BCUT2D eigenvalue weighted by Gasteiger charge is -2.08. The number of phenols is 1. The number of fused-ring (bicyclic) bond motifs is 1.